The Morgan fingerprint density at radius 1 is 1.28 bits per heavy atom. The van der Waals surface area contributed by atoms with Gasteiger partial charge in [-0.25, -0.2) is 13.1 Å². The van der Waals surface area contributed by atoms with Crippen molar-refractivity contribution in [1.82, 2.24) is 14.8 Å². The molecule has 1 saturated heterocycles. The van der Waals surface area contributed by atoms with Gasteiger partial charge in [0.05, 0.1) is 11.9 Å². The van der Waals surface area contributed by atoms with Gasteiger partial charge in [-0.1, -0.05) is 41.9 Å². The molecule has 3 rings (SSSR count). The summed E-state index contributed by atoms with van der Waals surface area (Å²) in [5, 5.41) is 4.21. The van der Waals surface area contributed by atoms with Gasteiger partial charge in [-0.15, -0.1) is 0 Å². The van der Waals surface area contributed by atoms with Gasteiger partial charge in [-0.2, -0.15) is 0 Å². The molecule has 1 aromatic carbocycles. The number of aromatic nitrogens is 1. The van der Waals surface area contributed by atoms with Crippen molar-refractivity contribution < 1.29 is 12.9 Å². The van der Waals surface area contributed by atoms with Crippen LogP contribution in [0.15, 0.2) is 40.9 Å². The Bertz CT molecular complexity index is 774. The highest BCUT2D eigenvalue weighted by Crippen LogP contribution is 2.24. The first-order valence-corrected chi connectivity index (χ1v) is 10.6. The minimum atomic E-state index is -3.12. The Labute approximate surface area is 149 Å². The average Bonchev–Trinajstić information content (AvgIpc) is 3.05. The summed E-state index contributed by atoms with van der Waals surface area (Å²) in [7, 11) is -3.12. The van der Waals surface area contributed by atoms with E-state index in [-0.39, 0.29) is 0 Å². The fourth-order valence-corrected chi connectivity index (χ4v) is 3.83. The van der Waals surface area contributed by atoms with Crippen LogP contribution in [-0.2, 0) is 16.6 Å². The first kappa shape index (κ1) is 18.1. The fourth-order valence-electron chi connectivity index (χ4n) is 3.34. The van der Waals surface area contributed by atoms with E-state index in [0.717, 1.165) is 42.9 Å². The summed E-state index contributed by atoms with van der Waals surface area (Å²) in [5.74, 6) is 0.780. The number of likely N-dealkylation sites (tertiary alicyclic amines) is 1. The van der Waals surface area contributed by atoms with Crippen molar-refractivity contribution in [2.75, 3.05) is 19.3 Å². The molecule has 1 unspecified atom stereocenters. The van der Waals surface area contributed by atoms with E-state index in [2.05, 4.69) is 14.8 Å². The second kappa shape index (κ2) is 8.12. The van der Waals surface area contributed by atoms with Crippen LogP contribution in [0.2, 0.25) is 0 Å². The van der Waals surface area contributed by atoms with E-state index < -0.39 is 10.0 Å². The first-order chi connectivity index (χ1) is 12.0. The van der Waals surface area contributed by atoms with E-state index in [1.54, 1.807) is 0 Å². The standard InChI is InChI=1S/C18H25N3O3S/c1-25(22,23)19-11-10-17-9-5-6-12-21(17)14-16-13-18(24-20-16)15-7-3-2-4-8-15/h2-4,7-8,13,17,19H,5-6,9-12,14H2,1H3. The SMILES string of the molecule is CS(=O)(=O)NCCC1CCCCN1Cc1cc(-c2ccccc2)on1. The smallest absolute Gasteiger partial charge is 0.208 e. The lowest BCUT2D eigenvalue weighted by Crippen LogP contribution is -2.41. The average molecular weight is 363 g/mol. The minimum Gasteiger partial charge on any atom is -0.356 e. The molecule has 0 aliphatic carbocycles. The molecule has 0 spiro atoms. The zero-order chi connectivity index (χ0) is 17.7. The quantitative estimate of drug-likeness (QED) is 0.818. The molecule has 0 saturated carbocycles. The molecule has 7 heteroatoms. The van der Waals surface area contributed by atoms with Gasteiger partial charge >= 0.3 is 0 Å². The van der Waals surface area contributed by atoms with E-state index in [1.165, 1.54) is 19.1 Å². The molecule has 1 aliphatic rings. The van der Waals surface area contributed by atoms with Gasteiger partial charge in [0.2, 0.25) is 10.0 Å². The van der Waals surface area contributed by atoms with E-state index in [9.17, 15) is 8.42 Å². The van der Waals surface area contributed by atoms with Gasteiger partial charge in [-0.05, 0) is 25.8 Å². The second-order valence-electron chi connectivity index (χ2n) is 6.62. The second-order valence-corrected chi connectivity index (χ2v) is 8.46. The number of sulfonamides is 1. The highest BCUT2D eigenvalue weighted by Gasteiger charge is 2.23. The van der Waals surface area contributed by atoms with Crippen LogP contribution in [0, 0.1) is 0 Å². The van der Waals surface area contributed by atoms with Gasteiger partial charge in [-0.3, -0.25) is 4.90 Å². The van der Waals surface area contributed by atoms with Crippen molar-refractivity contribution in [3.05, 3.63) is 42.1 Å². The molecule has 0 radical (unpaired) electrons. The lowest BCUT2D eigenvalue weighted by atomic mass is 9.99. The lowest BCUT2D eigenvalue weighted by Gasteiger charge is -2.35. The topological polar surface area (TPSA) is 75.4 Å². The summed E-state index contributed by atoms with van der Waals surface area (Å²) in [6.07, 6.45) is 5.46. The predicted molar refractivity (Wildman–Crippen MR) is 97.5 cm³/mol. The van der Waals surface area contributed by atoms with E-state index >= 15 is 0 Å². The first-order valence-electron chi connectivity index (χ1n) is 8.71. The van der Waals surface area contributed by atoms with Gasteiger partial charge in [0.15, 0.2) is 5.76 Å². The third-order valence-corrected chi connectivity index (χ3v) is 5.30. The molecule has 1 fully saturated rings. The Hall–Kier alpha value is -1.70. The van der Waals surface area contributed by atoms with Crippen molar-refractivity contribution in [1.29, 1.82) is 0 Å². The van der Waals surface area contributed by atoms with Crippen LogP contribution >= 0.6 is 0 Å². The van der Waals surface area contributed by atoms with Gasteiger partial charge in [0.1, 0.15) is 0 Å². The molecule has 0 amide bonds. The molecule has 1 atom stereocenters. The maximum atomic E-state index is 11.2. The Morgan fingerprint density at radius 2 is 2.08 bits per heavy atom. The van der Waals surface area contributed by atoms with Crippen molar-refractivity contribution in [2.24, 2.45) is 0 Å². The summed E-state index contributed by atoms with van der Waals surface area (Å²) in [6.45, 7) is 2.23. The molecule has 0 bridgehead atoms. The Morgan fingerprint density at radius 3 is 2.84 bits per heavy atom. The Kier molecular flexibility index (Phi) is 5.88. The zero-order valence-electron chi connectivity index (χ0n) is 14.5. The number of hydrogen-bond donors (Lipinski definition) is 1. The van der Waals surface area contributed by atoms with Crippen LogP contribution in [0.25, 0.3) is 11.3 Å². The summed E-state index contributed by atoms with van der Waals surface area (Å²) in [6, 6.07) is 12.3. The number of hydrogen-bond acceptors (Lipinski definition) is 5. The van der Waals surface area contributed by atoms with Crippen LogP contribution in [-0.4, -0.2) is 43.9 Å². The van der Waals surface area contributed by atoms with Gasteiger partial charge in [0.25, 0.3) is 0 Å². The normalized spacial score (nSPS) is 19.2. The molecule has 6 nitrogen and oxygen atoms in total. The third kappa shape index (κ3) is 5.39. The largest absolute Gasteiger partial charge is 0.356 e. The van der Waals surface area contributed by atoms with Crippen LogP contribution < -0.4 is 4.72 Å². The number of piperidine rings is 1. The van der Waals surface area contributed by atoms with Crippen LogP contribution in [0.5, 0.6) is 0 Å². The number of benzene rings is 1. The predicted octanol–water partition coefficient (Wildman–Crippen LogP) is 2.64. The lowest BCUT2D eigenvalue weighted by molar-refractivity contribution is 0.130. The molecular weight excluding hydrogens is 338 g/mol. The molecule has 1 N–H and O–H groups in total. The van der Waals surface area contributed by atoms with Crippen molar-refractivity contribution >= 4 is 10.0 Å². The maximum Gasteiger partial charge on any atom is 0.208 e. The molecular formula is C18H25N3O3S. The molecule has 136 valence electrons. The summed E-state index contributed by atoms with van der Waals surface area (Å²) >= 11 is 0. The van der Waals surface area contributed by atoms with Crippen LogP contribution in [0.1, 0.15) is 31.4 Å². The number of rotatable bonds is 7. The number of nitrogens with one attached hydrogen (secondary N) is 1. The van der Waals surface area contributed by atoms with Crippen molar-refractivity contribution in [2.45, 2.75) is 38.3 Å². The van der Waals surface area contributed by atoms with Crippen molar-refractivity contribution in [3.8, 4) is 11.3 Å². The molecule has 1 aliphatic heterocycles. The summed E-state index contributed by atoms with van der Waals surface area (Å²) in [5.41, 5.74) is 1.94. The monoisotopic (exact) mass is 363 g/mol. The number of nitrogens with zero attached hydrogens (tertiary/aromatic N) is 2. The fraction of sp³-hybridized carbons (Fsp3) is 0.500. The van der Waals surface area contributed by atoms with E-state index in [4.69, 9.17) is 4.52 Å². The molecule has 2 heterocycles. The summed E-state index contributed by atoms with van der Waals surface area (Å²) < 4.78 is 30.5. The van der Waals surface area contributed by atoms with Crippen molar-refractivity contribution in [3.63, 3.8) is 0 Å². The minimum absolute atomic E-state index is 0.375. The molecule has 25 heavy (non-hydrogen) atoms. The van der Waals surface area contributed by atoms with Gasteiger partial charge < -0.3 is 4.52 Å². The third-order valence-electron chi connectivity index (χ3n) is 4.57. The highest BCUT2D eigenvalue weighted by molar-refractivity contribution is 7.88. The highest BCUT2D eigenvalue weighted by atomic mass is 32.2. The van der Waals surface area contributed by atoms with Gasteiger partial charge in [0, 0.05) is 30.8 Å². The molecule has 2 aromatic rings. The van der Waals surface area contributed by atoms with Crippen LogP contribution in [0.3, 0.4) is 0 Å². The Balaban J connectivity index is 1.61. The maximum absolute atomic E-state index is 11.2. The van der Waals surface area contributed by atoms with E-state index in [0.29, 0.717) is 12.6 Å². The molecule has 1 aromatic heterocycles. The summed E-state index contributed by atoms with van der Waals surface area (Å²) in [4.78, 5) is 2.39. The van der Waals surface area contributed by atoms with Crippen LogP contribution in [0.4, 0.5) is 0 Å². The van der Waals surface area contributed by atoms with E-state index in [1.807, 2.05) is 36.4 Å². The zero-order valence-corrected chi connectivity index (χ0v) is 15.3.